The molecule has 59 heavy (non-hydrogen) atoms. The summed E-state index contributed by atoms with van der Waals surface area (Å²) in [6.07, 6.45) is 1.70. The molecule has 15 heteroatoms. The van der Waals surface area contributed by atoms with Crippen LogP contribution in [0.3, 0.4) is 0 Å². The third-order valence-electron chi connectivity index (χ3n) is 11.0. The van der Waals surface area contributed by atoms with E-state index in [1.54, 1.807) is 42.5 Å². The van der Waals surface area contributed by atoms with E-state index in [2.05, 4.69) is 25.2 Å². The van der Waals surface area contributed by atoms with E-state index < -0.39 is 34.2 Å². The van der Waals surface area contributed by atoms with Crippen LogP contribution in [0.1, 0.15) is 70.4 Å². The average molecular weight is 824 g/mol. The summed E-state index contributed by atoms with van der Waals surface area (Å²) in [5.74, 6) is -0.279. The standard InChI is InChI=1S/C44H49N5O9S/c50-37-17-15-35(36-16-18-40(52)47-42(36)37)38(51)26-45-21-4-5-22-46-59(55,56)34-13-11-29(12-14-34)28-57-43(53)33-10-6-9-32(25-33)41(31-7-2-1-3-8-31)48-44(54)58-39-27-49-23-19-30(39)20-24-49/h1-3,6-18,25,30,38-39,41,45-46,50-51H,4-5,19-24,26-28H2,(H,47,52)(H,48,54)/t38-,39+,41?/m1/s1. The lowest BCUT2D eigenvalue weighted by Gasteiger charge is -2.43. The van der Waals surface area contributed by atoms with Crippen molar-refractivity contribution in [2.24, 2.45) is 5.92 Å². The molecule has 3 atom stereocenters. The highest BCUT2D eigenvalue weighted by Crippen LogP contribution is 2.31. The fourth-order valence-electron chi connectivity index (χ4n) is 7.74. The number of unbranched alkanes of at least 4 members (excludes halogenated alkanes) is 1. The molecule has 3 aliphatic rings. The van der Waals surface area contributed by atoms with Gasteiger partial charge in [0.1, 0.15) is 18.5 Å². The Morgan fingerprint density at radius 1 is 0.881 bits per heavy atom. The van der Waals surface area contributed by atoms with Crippen LogP contribution >= 0.6 is 0 Å². The normalized spacial score (nSPS) is 18.6. The van der Waals surface area contributed by atoms with Gasteiger partial charge in [0.2, 0.25) is 15.6 Å². The maximum absolute atomic E-state index is 13.2. The summed E-state index contributed by atoms with van der Waals surface area (Å²) in [7, 11) is -3.78. The Bertz CT molecular complexity index is 2400. The van der Waals surface area contributed by atoms with Gasteiger partial charge in [-0.25, -0.2) is 22.7 Å². The number of carbonyl (C=O) groups excluding carboxylic acids is 2. The first-order chi connectivity index (χ1) is 28.5. The number of benzene rings is 4. The number of fused-ring (bicyclic) bond motifs is 4. The first-order valence-electron chi connectivity index (χ1n) is 19.9. The number of amides is 1. The Kier molecular flexibility index (Phi) is 13.4. The molecular weight excluding hydrogens is 775 g/mol. The number of aromatic hydroxyl groups is 1. The van der Waals surface area contributed by atoms with Crippen LogP contribution in [0.5, 0.6) is 5.75 Å². The zero-order valence-electron chi connectivity index (χ0n) is 32.5. The SMILES string of the molecule is O=C(NC(c1ccccc1)c1cccc(C(=O)OCc2ccc(S(=O)(=O)NCCCCNC[C@@H](O)c3ccc(O)c4[nH]c(=O)ccc34)cc2)c1)O[C@H]1CN2CCC1CC2. The molecule has 1 aromatic heterocycles. The molecule has 1 amide bonds. The predicted octanol–water partition coefficient (Wildman–Crippen LogP) is 4.88. The van der Waals surface area contributed by atoms with E-state index in [9.17, 15) is 33.0 Å². The van der Waals surface area contributed by atoms with Crippen molar-refractivity contribution in [2.75, 3.05) is 39.3 Å². The second-order valence-corrected chi connectivity index (χ2v) is 16.8. The number of piperidine rings is 3. The first kappa shape index (κ1) is 41.6. The van der Waals surface area contributed by atoms with Gasteiger partial charge in [-0.15, -0.1) is 0 Å². The molecule has 6 N–H and O–H groups in total. The number of hydrogen-bond acceptors (Lipinski definition) is 11. The lowest BCUT2D eigenvalue weighted by atomic mass is 9.86. The molecule has 8 rings (SSSR count). The van der Waals surface area contributed by atoms with E-state index in [1.165, 1.54) is 24.3 Å². The molecule has 3 fully saturated rings. The number of aromatic amines is 1. The van der Waals surface area contributed by atoms with E-state index in [-0.39, 0.29) is 47.5 Å². The minimum absolute atomic E-state index is 0.0761. The fraction of sp³-hybridized carbons (Fsp3) is 0.341. The quantitative estimate of drug-likeness (QED) is 0.0552. The summed E-state index contributed by atoms with van der Waals surface area (Å²) in [6.45, 7) is 3.72. The topological polar surface area (TPSA) is 199 Å². The largest absolute Gasteiger partial charge is 0.506 e. The van der Waals surface area contributed by atoms with Crippen LogP contribution < -0.4 is 20.9 Å². The number of nitrogens with zero attached hydrogens (tertiary/aromatic N) is 1. The summed E-state index contributed by atoms with van der Waals surface area (Å²) >= 11 is 0. The van der Waals surface area contributed by atoms with Crippen LogP contribution in [0.25, 0.3) is 10.9 Å². The van der Waals surface area contributed by atoms with Crippen molar-refractivity contribution in [3.8, 4) is 5.75 Å². The number of esters is 1. The number of phenols is 1. The van der Waals surface area contributed by atoms with Crippen LogP contribution in [-0.2, 0) is 26.1 Å². The van der Waals surface area contributed by atoms with Crippen molar-refractivity contribution in [1.29, 1.82) is 0 Å². The van der Waals surface area contributed by atoms with E-state index in [4.69, 9.17) is 9.47 Å². The maximum atomic E-state index is 13.2. The second kappa shape index (κ2) is 19.0. The number of rotatable bonds is 17. The number of alkyl carbamates (subject to hydrolysis) is 1. The van der Waals surface area contributed by atoms with Gasteiger partial charge in [0.25, 0.3) is 0 Å². The van der Waals surface area contributed by atoms with E-state index in [0.717, 1.165) is 38.0 Å². The molecular formula is C44H49N5O9S. The smallest absolute Gasteiger partial charge is 0.408 e. The van der Waals surface area contributed by atoms with Crippen LogP contribution in [0.4, 0.5) is 4.79 Å². The molecule has 0 radical (unpaired) electrons. The number of aliphatic hydroxyl groups excluding tert-OH is 1. The predicted molar refractivity (Wildman–Crippen MR) is 221 cm³/mol. The van der Waals surface area contributed by atoms with Gasteiger partial charge in [-0.1, -0.05) is 60.7 Å². The molecule has 310 valence electrons. The lowest BCUT2D eigenvalue weighted by molar-refractivity contribution is -0.0336. The molecule has 3 saturated heterocycles. The van der Waals surface area contributed by atoms with Crippen molar-refractivity contribution < 1.29 is 37.7 Å². The molecule has 5 aromatic rings. The van der Waals surface area contributed by atoms with Gasteiger partial charge in [-0.05, 0) is 110 Å². The zero-order chi connectivity index (χ0) is 41.4. The molecule has 1 unspecified atom stereocenters. The number of carbonyl (C=O) groups is 2. The number of aliphatic hydroxyl groups is 1. The van der Waals surface area contributed by atoms with Gasteiger partial charge in [-0.3, -0.25) is 9.69 Å². The van der Waals surface area contributed by atoms with Crippen molar-refractivity contribution in [1.82, 2.24) is 25.2 Å². The van der Waals surface area contributed by atoms with Crippen LogP contribution in [-0.4, -0.2) is 85.9 Å². The van der Waals surface area contributed by atoms with Gasteiger partial charge < -0.3 is 35.3 Å². The highest BCUT2D eigenvalue weighted by Gasteiger charge is 2.37. The van der Waals surface area contributed by atoms with E-state index >= 15 is 0 Å². The third-order valence-corrected chi connectivity index (χ3v) is 12.5. The fourth-order valence-corrected chi connectivity index (χ4v) is 8.82. The van der Waals surface area contributed by atoms with E-state index in [1.807, 2.05) is 36.4 Å². The van der Waals surface area contributed by atoms with E-state index in [0.29, 0.717) is 52.9 Å². The molecule has 14 nitrogen and oxygen atoms in total. The molecule has 0 saturated carbocycles. The highest BCUT2D eigenvalue weighted by molar-refractivity contribution is 7.89. The van der Waals surface area contributed by atoms with Crippen molar-refractivity contribution in [3.63, 3.8) is 0 Å². The Labute approximate surface area is 342 Å². The van der Waals surface area contributed by atoms with Gasteiger partial charge in [0, 0.05) is 31.1 Å². The number of nitrogens with one attached hydrogen (secondary N) is 4. The number of aromatic nitrogens is 1. The van der Waals surface area contributed by atoms with Crippen LogP contribution in [0, 0.1) is 5.92 Å². The van der Waals surface area contributed by atoms with Crippen molar-refractivity contribution in [3.05, 3.63) is 141 Å². The third kappa shape index (κ3) is 10.5. The molecule has 0 spiro atoms. The molecule has 0 aliphatic carbocycles. The van der Waals surface area contributed by atoms with Crippen LogP contribution in [0.15, 0.2) is 113 Å². The van der Waals surface area contributed by atoms with Crippen molar-refractivity contribution >= 4 is 33.0 Å². The summed E-state index contributed by atoms with van der Waals surface area (Å²) in [5.41, 5.74) is 2.90. The Balaban J connectivity index is 0.860. The number of hydrogen-bond donors (Lipinski definition) is 6. The maximum Gasteiger partial charge on any atom is 0.408 e. The summed E-state index contributed by atoms with van der Waals surface area (Å²) < 4.78 is 40.0. The minimum Gasteiger partial charge on any atom is -0.506 e. The average Bonchev–Trinajstić information content (AvgIpc) is 3.25. The van der Waals surface area contributed by atoms with Gasteiger partial charge >= 0.3 is 12.1 Å². The lowest BCUT2D eigenvalue weighted by Crippen LogP contribution is -2.52. The molecule has 4 aromatic carbocycles. The number of ether oxygens (including phenoxy) is 2. The Morgan fingerprint density at radius 3 is 2.37 bits per heavy atom. The second-order valence-electron chi connectivity index (χ2n) is 15.0. The Morgan fingerprint density at radius 2 is 1.63 bits per heavy atom. The Hall–Kier alpha value is -5.58. The van der Waals surface area contributed by atoms with Gasteiger partial charge in [-0.2, -0.15) is 0 Å². The minimum atomic E-state index is -3.78. The number of H-pyrrole nitrogens is 1. The summed E-state index contributed by atoms with van der Waals surface area (Å²) in [6, 6.07) is 27.9. The summed E-state index contributed by atoms with van der Waals surface area (Å²) in [5, 5.41) is 27.5. The van der Waals surface area contributed by atoms with Crippen molar-refractivity contribution in [2.45, 2.75) is 55.4 Å². The number of sulfonamides is 1. The first-order valence-corrected chi connectivity index (χ1v) is 21.4. The van der Waals surface area contributed by atoms with Gasteiger partial charge in [0.15, 0.2) is 0 Å². The van der Waals surface area contributed by atoms with Crippen LogP contribution in [0.2, 0.25) is 0 Å². The molecule has 4 heterocycles. The van der Waals surface area contributed by atoms with Gasteiger partial charge in [0.05, 0.1) is 28.1 Å². The zero-order valence-corrected chi connectivity index (χ0v) is 33.3. The number of pyridine rings is 1. The molecule has 3 aliphatic heterocycles. The highest BCUT2D eigenvalue weighted by atomic mass is 32.2. The monoisotopic (exact) mass is 823 g/mol. The summed E-state index contributed by atoms with van der Waals surface area (Å²) in [4.78, 5) is 43.1. The molecule has 2 bridgehead atoms. The number of phenolic OH excluding ortho intramolecular Hbond substituents is 1.